The highest BCUT2D eigenvalue weighted by atomic mass is 32.2. The quantitative estimate of drug-likeness (QED) is 0.882. The van der Waals surface area contributed by atoms with Crippen molar-refractivity contribution < 1.29 is 4.79 Å². The zero-order valence-electron chi connectivity index (χ0n) is 12.1. The van der Waals surface area contributed by atoms with Gasteiger partial charge in [0.05, 0.1) is 16.3 Å². The third-order valence-electron chi connectivity index (χ3n) is 3.21. The number of aromatic nitrogens is 1. The van der Waals surface area contributed by atoms with Crippen LogP contribution in [0.1, 0.15) is 18.2 Å². The molecular formula is C17H15N3OS. The zero-order chi connectivity index (χ0) is 15.4. The number of aliphatic imine (C=N–C) groups is 1. The van der Waals surface area contributed by atoms with Crippen molar-refractivity contribution in [1.82, 2.24) is 10.3 Å². The van der Waals surface area contributed by atoms with Crippen LogP contribution in [0.4, 0.5) is 5.69 Å². The minimum atomic E-state index is -0.136. The molecule has 1 aliphatic heterocycles. The van der Waals surface area contributed by atoms with Gasteiger partial charge in [0.25, 0.3) is 5.91 Å². The van der Waals surface area contributed by atoms with Gasteiger partial charge in [0.2, 0.25) is 0 Å². The largest absolute Gasteiger partial charge is 0.300 e. The zero-order valence-corrected chi connectivity index (χ0v) is 12.9. The van der Waals surface area contributed by atoms with Gasteiger partial charge in [0.1, 0.15) is 0 Å². The Hall–Kier alpha value is -2.40. The van der Waals surface area contributed by atoms with Crippen LogP contribution < -0.4 is 5.32 Å². The molecular weight excluding hydrogens is 294 g/mol. The van der Waals surface area contributed by atoms with Crippen LogP contribution in [0.5, 0.6) is 0 Å². The topological polar surface area (TPSA) is 54.4 Å². The Morgan fingerprint density at radius 1 is 1.23 bits per heavy atom. The first kappa shape index (κ1) is 14.5. The number of benzene rings is 1. The molecule has 0 atom stereocenters. The number of carbonyl (C=O) groups is 1. The summed E-state index contributed by atoms with van der Waals surface area (Å²) in [5.41, 5.74) is 2.81. The second-order valence-electron chi connectivity index (χ2n) is 4.72. The van der Waals surface area contributed by atoms with E-state index in [1.165, 1.54) is 11.8 Å². The summed E-state index contributed by atoms with van der Waals surface area (Å²) in [6.07, 6.45) is 4.38. The SMILES string of the molecule is CCc1ccccc1N=C1NC(=O)/C(=C/c2ccccn2)S1. The predicted molar refractivity (Wildman–Crippen MR) is 90.9 cm³/mol. The normalized spacial score (nSPS) is 18.0. The van der Waals surface area contributed by atoms with Crippen molar-refractivity contribution in [2.45, 2.75) is 13.3 Å². The lowest BCUT2D eigenvalue weighted by Gasteiger charge is -2.02. The van der Waals surface area contributed by atoms with Crippen molar-refractivity contribution in [3.63, 3.8) is 0 Å². The lowest BCUT2D eigenvalue weighted by atomic mass is 10.1. The fourth-order valence-electron chi connectivity index (χ4n) is 2.10. The fraction of sp³-hybridized carbons (Fsp3) is 0.118. The van der Waals surface area contributed by atoms with Gasteiger partial charge in [0.15, 0.2) is 5.17 Å². The Bertz CT molecular complexity index is 754. The molecule has 1 saturated heterocycles. The molecule has 0 aliphatic carbocycles. The third-order valence-corrected chi connectivity index (χ3v) is 4.12. The fourth-order valence-corrected chi connectivity index (χ4v) is 2.92. The van der Waals surface area contributed by atoms with Crippen LogP contribution in [0.3, 0.4) is 0 Å². The summed E-state index contributed by atoms with van der Waals surface area (Å²) in [6, 6.07) is 13.6. The van der Waals surface area contributed by atoms with E-state index >= 15 is 0 Å². The molecule has 3 rings (SSSR count). The number of nitrogens with one attached hydrogen (secondary N) is 1. The van der Waals surface area contributed by atoms with Crippen molar-refractivity contribution in [2.75, 3.05) is 0 Å². The predicted octanol–water partition coefficient (Wildman–Crippen LogP) is 3.54. The first-order valence-electron chi connectivity index (χ1n) is 7.05. The van der Waals surface area contributed by atoms with Gasteiger partial charge in [-0.25, -0.2) is 4.99 Å². The number of nitrogens with zero attached hydrogens (tertiary/aromatic N) is 2. The summed E-state index contributed by atoms with van der Waals surface area (Å²) in [5, 5.41) is 3.41. The summed E-state index contributed by atoms with van der Waals surface area (Å²) in [6.45, 7) is 2.09. The maximum Gasteiger partial charge on any atom is 0.264 e. The molecule has 1 N–H and O–H groups in total. The standard InChI is InChI=1S/C17H15N3OS/c1-2-12-7-3-4-9-14(12)19-17-20-16(21)15(22-17)11-13-8-5-6-10-18-13/h3-11H,2H2,1H3,(H,19,20,21)/b15-11-. The molecule has 22 heavy (non-hydrogen) atoms. The molecule has 2 heterocycles. The molecule has 0 spiro atoms. The maximum atomic E-state index is 12.0. The number of para-hydroxylation sites is 1. The Morgan fingerprint density at radius 2 is 2.05 bits per heavy atom. The smallest absolute Gasteiger partial charge is 0.264 e. The summed E-state index contributed by atoms with van der Waals surface area (Å²) in [5.74, 6) is -0.136. The Kier molecular flexibility index (Phi) is 4.34. The molecule has 1 fully saturated rings. The minimum Gasteiger partial charge on any atom is -0.300 e. The number of hydrogen-bond acceptors (Lipinski definition) is 4. The maximum absolute atomic E-state index is 12.0. The number of aryl methyl sites for hydroxylation is 1. The highest BCUT2D eigenvalue weighted by molar-refractivity contribution is 8.18. The highest BCUT2D eigenvalue weighted by Crippen LogP contribution is 2.28. The van der Waals surface area contributed by atoms with E-state index in [9.17, 15) is 4.79 Å². The Morgan fingerprint density at radius 3 is 2.82 bits per heavy atom. The van der Waals surface area contributed by atoms with Gasteiger partial charge >= 0.3 is 0 Å². The van der Waals surface area contributed by atoms with E-state index in [1.54, 1.807) is 12.3 Å². The van der Waals surface area contributed by atoms with E-state index in [1.807, 2.05) is 42.5 Å². The van der Waals surface area contributed by atoms with E-state index in [0.717, 1.165) is 23.4 Å². The second-order valence-corrected chi connectivity index (χ2v) is 5.75. The molecule has 1 amide bonds. The monoisotopic (exact) mass is 309 g/mol. The van der Waals surface area contributed by atoms with Gasteiger partial charge in [-0.15, -0.1) is 0 Å². The molecule has 2 aromatic rings. The average molecular weight is 309 g/mol. The lowest BCUT2D eigenvalue weighted by Crippen LogP contribution is -2.19. The number of carbonyl (C=O) groups excluding carboxylic acids is 1. The third kappa shape index (κ3) is 3.26. The Labute approximate surface area is 133 Å². The van der Waals surface area contributed by atoms with E-state index in [-0.39, 0.29) is 5.91 Å². The van der Waals surface area contributed by atoms with Gasteiger partial charge in [-0.1, -0.05) is 31.2 Å². The van der Waals surface area contributed by atoms with Crippen LogP contribution in [0.25, 0.3) is 6.08 Å². The summed E-state index contributed by atoms with van der Waals surface area (Å²) < 4.78 is 0. The Balaban J connectivity index is 1.85. The molecule has 1 aromatic heterocycles. The van der Waals surface area contributed by atoms with E-state index in [0.29, 0.717) is 10.1 Å². The summed E-state index contributed by atoms with van der Waals surface area (Å²) in [7, 11) is 0. The summed E-state index contributed by atoms with van der Waals surface area (Å²) >= 11 is 1.34. The number of pyridine rings is 1. The van der Waals surface area contributed by atoms with Crippen molar-refractivity contribution >= 4 is 34.6 Å². The molecule has 1 aromatic carbocycles. The molecule has 110 valence electrons. The van der Waals surface area contributed by atoms with Gasteiger partial charge in [-0.3, -0.25) is 9.78 Å². The number of hydrogen-bond donors (Lipinski definition) is 1. The van der Waals surface area contributed by atoms with E-state index in [4.69, 9.17) is 0 Å². The van der Waals surface area contributed by atoms with Crippen LogP contribution in [0, 0.1) is 0 Å². The second kappa shape index (κ2) is 6.58. The molecule has 5 heteroatoms. The van der Waals surface area contributed by atoms with Crippen molar-refractivity contribution in [2.24, 2.45) is 4.99 Å². The van der Waals surface area contributed by atoms with Crippen LogP contribution in [-0.4, -0.2) is 16.1 Å². The van der Waals surface area contributed by atoms with E-state index < -0.39 is 0 Å². The van der Waals surface area contributed by atoms with E-state index in [2.05, 4.69) is 22.2 Å². The van der Waals surface area contributed by atoms with Gasteiger partial charge in [-0.2, -0.15) is 0 Å². The van der Waals surface area contributed by atoms with Crippen molar-refractivity contribution in [3.05, 3.63) is 64.8 Å². The van der Waals surface area contributed by atoms with Gasteiger partial charge < -0.3 is 5.32 Å². The number of amides is 1. The number of rotatable bonds is 3. The minimum absolute atomic E-state index is 0.136. The van der Waals surface area contributed by atoms with Crippen LogP contribution >= 0.6 is 11.8 Å². The van der Waals surface area contributed by atoms with Gasteiger partial charge in [-0.05, 0) is 48.0 Å². The molecule has 1 aliphatic rings. The molecule has 0 radical (unpaired) electrons. The first-order chi connectivity index (χ1) is 10.8. The molecule has 0 bridgehead atoms. The van der Waals surface area contributed by atoms with Crippen LogP contribution in [0.15, 0.2) is 58.6 Å². The molecule has 0 saturated carbocycles. The van der Waals surface area contributed by atoms with Crippen molar-refractivity contribution in [1.29, 1.82) is 0 Å². The highest BCUT2D eigenvalue weighted by Gasteiger charge is 2.24. The number of thioether (sulfide) groups is 1. The van der Waals surface area contributed by atoms with Crippen molar-refractivity contribution in [3.8, 4) is 0 Å². The van der Waals surface area contributed by atoms with Crippen LogP contribution in [0.2, 0.25) is 0 Å². The van der Waals surface area contributed by atoms with Gasteiger partial charge in [0, 0.05) is 6.20 Å². The number of amidine groups is 1. The molecule has 0 unspecified atom stereocenters. The van der Waals surface area contributed by atoms with Crippen LogP contribution in [-0.2, 0) is 11.2 Å². The average Bonchev–Trinajstić information content (AvgIpc) is 2.88. The lowest BCUT2D eigenvalue weighted by molar-refractivity contribution is -0.115. The molecule has 4 nitrogen and oxygen atoms in total. The first-order valence-corrected chi connectivity index (χ1v) is 7.86. The summed E-state index contributed by atoms with van der Waals surface area (Å²) in [4.78, 5) is 21.4.